The molecule has 4 nitrogen and oxygen atoms in total. The maximum atomic E-state index is 10.7. The second-order valence-corrected chi connectivity index (χ2v) is 3.70. The summed E-state index contributed by atoms with van der Waals surface area (Å²) in [5.74, 6) is 0. The lowest BCUT2D eigenvalue weighted by Crippen LogP contribution is -2.33. The SMILES string of the molecule is CN(CCCC1CCCN1)C(N)=O. The first-order valence-electron chi connectivity index (χ1n) is 4.94. The molecule has 0 spiro atoms. The molecule has 0 aromatic carbocycles. The van der Waals surface area contributed by atoms with Crippen molar-refractivity contribution < 1.29 is 4.79 Å². The van der Waals surface area contributed by atoms with Crippen LogP contribution < -0.4 is 11.1 Å². The lowest BCUT2D eigenvalue weighted by Gasteiger charge is -2.15. The van der Waals surface area contributed by atoms with E-state index in [0.29, 0.717) is 6.04 Å². The molecule has 1 aliphatic heterocycles. The lowest BCUT2D eigenvalue weighted by atomic mass is 10.1. The summed E-state index contributed by atoms with van der Waals surface area (Å²) < 4.78 is 0. The van der Waals surface area contributed by atoms with Crippen LogP contribution in [-0.4, -0.2) is 37.1 Å². The van der Waals surface area contributed by atoms with E-state index < -0.39 is 0 Å². The second-order valence-electron chi connectivity index (χ2n) is 3.70. The predicted molar refractivity (Wildman–Crippen MR) is 52.5 cm³/mol. The Labute approximate surface area is 79.5 Å². The normalized spacial score (nSPS) is 21.8. The van der Waals surface area contributed by atoms with Gasteiger partial charge in [-0.1, -0.05) is 0 Å². The number of amides is 2. The number of primary amides is 1. The van der Waals surface area contributed by atoms with Gasteiger partial charge >= 0.3 is 6.03 Å². The van der Waals surface area contributed by atoms with Gasteiger partial charge in [0.15, 0.2) is 0 Å². The Morgan fingerprint density at radius 3 is 3.00 bits per heavy atom. The Balaban J connectivity index is 2.02. The highest BCUT2D eigenvalue weighted by Crippen LogP contribution is 2.10. The standard InChI is InChI=1S/C9H19N3O/c1-12(9(10)13)7-3-5-8-4-2-6-11-8/h8,11H,2-7H2,1H3,(H2,10,13). The van der Waals surface area contributed by atoms with Crippen LogP contribution in [-0.2, 0) is 0 Å². The molecule has 0 aromatic rings. The molecular formula is C9H19N3O. The van der Waals surface area contributed by atoms with Gasteiger partial charge in [0.05, 0.1) is 0 Å². The highest BCUT2D eigenvalue weighted by Gasteiger charge is 2.13. The number of hydrogen-bond acceptors (Lipinski definition) is 2. The topological polar surface area (TPSA) is 58.4 Å². The van der Waals surface area contributed by atoms with Crippen molar-refractivity contribution in [2.24, 2.45) is 5.73 Å². The zero-order valence-corrected chi connectivity index (χ0v) is 8.25. The number of hydrogen-bond donors (Lipinski definition) is 2. The molecule has 2 amide bonds. The Kier molecular flexibility index (Phi) is 4.02. The molecule has 1 rings (SSSR count). The highest BCUT2D eigenvalue weighted by molar-refractivity contribution is 5.71. The highest BCUT2D eigenvalue weighted by atomic mass is 16.2. The van der Waals surface area contributed by atoms with Crippen molar-refractivity contribution in [3.05, 3.63) is 0 Å². The molecule has 1 heterocycles. The van der Waals surface area contributed by atoms with Crippen LogP contribution in [0.5, 0.6) is 0 Å². The molecular weight excluding hydrogens is 166 g/mol. The zero-order chi connectivity index (χ0) is 9.68. The average Bonchev–Trinajstić information content (AvgIpc) is 2.56. The van der Waals surface area contributed by atoms with E-state index in [0.717, 1.165) is 25.9 Å². The third-order valence-electron chi connectivity index (χ3n) is 2.58. The van der Waals surface area contributed by atoms with E-state index in [9.17, 15) is 4.79 Å². The number of carbonyl (C=O) groups excluding carboxylic acids is 1. The van der Waals surface area contributed by atoms with Crippen molar-refractivity contribution >= 4 is 6.03 Å². The molecule has 0 aromatic heterocycles. The Morgan fingerprint density at radius 1 is 1.69 bits per heavy atom. The van der Waals surface area contributed by atoms with Gasteiger partial charge in [0.1, 0.15) is 0 Å². The van der Waals surface area contributed by atoms with Crippen LogP contribution >= 0.6 is 0 Å². The summed E-state index contributed by atoms with van der Waals surface area (Å²) in [7, 11) is 1.74. The first kappa shape index (κ1) is 10.3. The van der Waals surface area contributed by atoms with Gasteiger partial charge in [-0.05, 0) is 32.2 Å². The molecule has 0 radical (unpaired) electrons. The summed E-state index contributed by atoms with van der Waals surface area (Å²) in [6, 6.07) is 0.334. The number of nitrogens with zero attached hydrogens (tertiary/aromatic N) is 1. The average molecular weight is 185 g/mol. The van der Waals surface area contributed by atoms with Crippen LogP contribution in [0, 0.1) is 0 Å². The Morgan fingerprint density at radius 2 is 2.46 bits per heavy atom. The number of nitrogens with one attached hydrogen (secondary N) is 1. The van der Waals surface area contributed by atoms with Crippen molar-refractivity contribution in [1.29, 1.82) is 0 Å². The van der Waals surface area contributed by atoms with Crippen LogP contribution in [0.2, 0.25) is 0 Å². The predicted octanol–water partition coefficient (Wildman–Crippen LogP) is 0.529. The lowest BCUT2D eigenvalue weighted by molar-refractivity contribution is 0.217. The molecule has 76 valence electrons. The first-order chi connectivity index (χ1) is 6.20. The molecule has 1 aliphatic rings. The van der Waals surface area contributed by atoms with Gasteiger partial charge in [-0.3, -0.25) is 0 Å². The smallest absolute Gasteiger partial charge is 0.314 e. The number of nitrogens with two attached hydrogens (primary N) is 1. The molecule has 13 heavy (non-hydrogen) atoms. The van der Waals surface area contributed by atoms with Crippen LogP contribution in [0.15, 0.2) is 0 Å². The molecule has 1 saturated heterocycles. The van der Waals surface area contributed by atoms with Crippen molar-refractivity contribution in [2.45, 2.75) is 31.7 Å². The van der Waals surface area contributed by atoms with E-state index in [1.165, 1.54) is 12.8 Å². The van der Waals surface area contributed by atoms with E-state index in [1.807, 2.05) is 0 Å². The molecule has 0 aliphatic carbocycles. The van der Waals surface area contributed by atoms with Gasteiger partial charge < -0.3 is 16.0 Å². The molecule has 4 heteroatoms. The minimum atomic E-state index is -0.334. The van der Waals surface area contributed by atoms with Gasteiger partial charge in [0, 0.05) is 19.6 Å². The quantitative estimate of drug-likeness (QED) is 0.671. The molecule has 1 fully saturated rings. The summed E-state index contributed by atoms with van der Waals surface area (Å²) >= 11 is 0. The summed E-state index contributed by atoms with van der Waals surface area (Å²) in [6.45, 7) is 1.92. The van der Waals surface area contributed by atoms with Gasteiger partial charge in [-0.15, -0.1) is 0 Å². The Bertz CT molecular complexity index is 166. The van der Waals surface area contributed by atoms with Gasteiger partial charge in [0.25, 0.3) is 0 Å². The van der Waals surface area contributed by atoms with E-state index in [1.54, 1.807) is 11.9 Å². The van der Waals surface area contributed by atoms with Crippen molar-refractivity contribution in [3.8, 4) is 0 Å². The van der Waals surface area contributed by atoms with Crippen molar-refractivity contribution in [1.82, 2.24) is 10.2 Å². The van der Waals surface area contributed by atoms with Crippen molar-refractivity contribution in [2.75, 3.05) is 20.1 Å². The largest absolute Gasteiger partial charge is 0.351 e. The molecule has 3 N–H and O–H groups in total. The summed E-state index contributed by atoms with van der Waals surface area (Å²) in [4.78, 5) is 12.2. The molecule has 1 unspecified atom stereocenters. The van der Waals surface area contributed by atoms with E-state index in [-0.39, 0.29) is 6.03 Å². The number of rotatable bonds is 4. The van der Waals surface area contributed by atoms with E-state index in [2.05, 4.69) is 5.32 Å². The number of carbonyl (C=O) groups is 1. The first-order valence-corrected chi connectivity index (χ1v) is 4.94. The fourth-order valence-electron chi connectivity index (χ4n) is 1.69. The van der Waals surface area contributed by atoms with Crippen molar-refractivity contribution in [3.63, 3.8) is 0 Å². The molecule has 0 saturated carbocycles. The summed E-state index contributed by atoms with van der Waals surface area (Å²) in [5, 5.41) is 3.42. The Hall–Kier alpha value is -0.770. The minimum Gasteiger partial charge on any atom is -0.351 e. The zero-order valence-electron chi connectivity index (χ0n) is 8.25. The third-order valence-corrected chi connectivity index (χ3v) is 2.58. The van der Waals surface area contributed by atoms with Crippen LogP contribution in [0.1, 0.15) is 25.7 Å². The van der Waals surface area contributed by atoms with Gasteiger partial charge in [-0.2, -0.15) is 0 Å². The molecule has 0 bridgehead atoms. The minimum absolute atomic E-state index is 0.334. The third kappa shape index (κ3) is 3.63. The van der Waals surface area contributed by atoms with Crippen LogP contribution in [0.3, 0.4) is 0 Å². The summed E-state index contributed by atoms with van der Waals surface area (Å²) in [6.07, 6.45) is 4.76. The second kappa shape index (κ2) is 5.07. The maximum Gasteiger partial charge on any atom is 0.314 e. The maximum absolute atomic E-state index is 10.7. The van der Waals surface area contributed by atoms with E-state index in [4.69, 9.17) is 5.73 Å². The monoisotopic (exact) mass is 185 g/mol. The number of urea groups is 1. The van der Waals surface area contributed by atoms with Gasteiger partial charge in [-0.25, -0.2) is 4.79 Å². The summed E-state index contributed by atoms with van der Waals surface area (Å²) in [5.41, 5.74) is 5.10. The van der Waals surface area contributed by atoms with Crippen LogP contribution in [0.25, 0.3) is 0 Å². The fraction of sp³-hybridized carbons (Fsp3) is 0.889. The fourth-order valence-corrected chi connectivity index (χ4v) is 1.69. The molecule has 1 atom stereocenters. The van der Waals surface area contributed by atoms with Gasteiger partial charge in [0.2, 0.25) is 0 Å². The van der Waals surface area contributed by atoms with Crippen LogP contribution in [0.4, 0.5) is 4.79 Å². The van der Waals surface area contributed by atoms with E-state index >= 15 is 0 Å².